The van der Waals surface area contributed by atoms with Crippen molar-refractivity contribution < 1.29 is 41.9 Å². The Hall–Kier alpha value is -3.85. The number of fused-ring (bicyclic) bond motifs is 1. The molecule has 1 saturated heterocycles. The first-order valence-corrected chi connectivity index (χ1v) is 21.5. The zero-order valence-corrected chi connectivity index (χ0v) is 35.5. The number of nitrogens with one attached hydrogen (secondary N) is 3. The number of carboxylic acid groups (broad SMARTS) is 1. The lowest BCUT2D eigenvalue weighted by atomic mass is 9.81. The van der Waals surface area contributed by atoms with Crippen LogP contribution in [-0.2, 0) is 47.1 Å². The Morgan fingerprint density at radius 3 is 2.14 bits per heavy atom. The molecule has 1 aromatic rings. The Bertz CT molecular complexity index is 1530. The van der Waals surface area contributed by atoms with Gasteiger partial charge in [-0.2, -0.15) is 0 Å². The van der Waals surface area contributed by atoms with E-state index in [0.717, 1.165) is 49.9 Å². The van der Waals surface area contributed by atoms with Crippen molar-refractivity contribution in [2.45, 2.75) is 155 Å². The van der Waals surface area contributed by atoms with Gasteiger partial charge in [0, 0.05) is 43.1 Å². The number of amides is 4. The van der Waals surface area contributed by atoms with E-state index in [9.17, 15) is 32.0 Å². The van der Waals surface area contributed by atoms with Crippen LogP contribution in [0.5, 0.6) is 0 Å². The van der Waals surface area contributed by atoms with Gasteiger partial charge in [-0.25, -0.2) is 12.8 Å². The van der Waals surface area contributed by atoms with Crippen LogP contribution in [0.25, 0.3) is 0 Å². The van der Waals surface area contributed by atoms with Gasteiger partial charge in [0.15, 0.2) is 0 Å². The number of hydrogen-bond donors (Lipinski definition) is 4. The van der Waals surface area contributed by atoms with E-state index in [2.05, 4.69) is 33.4 Å². The molecule has 2 aliphatic carbocycles. The third-order valence-corrected chi connectivity index (χ3v) is 11.6. The van der Waals surface area contributed by atoms with Crippen molar-refractivity contribution in [3.8, 4) is 0 Å². The summed E-state index contributed by atoms with van der Waals surface area (Å²) in [5, 5.41) is 12.0. The fourth-order valence-electron chi connectivity index (χ4n) is 7.17. The van der Waals surface area contributed by atoms with Crippen LogP contribution < -0.4 is 15.4 Å². The summed E-state index contributed by atoms with van der Waals surface area (Å²) in [6.45, 7) is 19.2. The lowest BCUT2D eigenvalue weighted by molar-refractivity contribution is -0.144. The normalized spacial score (nSPS) is 18.9. The number of sulfonamides is 1. The summed E-state index contributed by atoms with van der Waals surface area (Å²) in [6.07, 6.45) is 8.64. The highest BCUT2D eigenvalue weighted by molar-refractivity contribution is 7.90. The van der Waals surface area contributed by atoms with Gasteiger partial charge in [0.25, 0.3) is 12.4 Å². The molecule has 4 N–H and O–H groups in total. The van der Waals surface area contributed by atoms with E-state index in [1.165, 1.54) is 12.5 Å². The summed E-state index contributed by atoms with van der Waals surface area (Å²) in [6, 6.07) is 3.53. The van der Waals surface area contributed by atoms with Crippen molar-refractivity contribution in [1.82, 2.24) is 25.2 Å². The van der Waals surface area contributed by atoms with E-state index in [-0.39, 0.29) is 36.9 Å². The van der Waals surface area contributed by atoms with Gasteiger partial charge < -0.3 is 20.6 Å². The van der Waals surface area contributed by atoms with Crippen molar-refractivity contribution in [1.29, 1.82) is 0 Å². The van der Waals surface area contributed by atoms with Crippen LogP contribution in [0, 0.1) is 17.7 Å². The zero-order valence-electron chi connectivity index (χ0n) is 34.7. The molecule has 56 heavy (non-hydrogen) atoms. The van der Waals surface area contributed by atoms with Crippen molar-refractivity contribution in [3.05, 3.63) is 48.3 Å². The van der Waals surface area contributed by atoms with Gasteiger partial charge in [-0.3, -0.25) is 33.6 Å². The van der Waals surface area contributed by atoms with Gasteiger partial charge in [0.2, 0.25) is 27.7 Å². The molecular formula is C41H68FN5O8S. The van der Waals surface area contributed by atoms with Gasteiger partial charge in [-0.1, -0.05) is 65.0 Å². The second kappa shape index (κ2) is 24.7. The SMILES string of the molecule is C=C.CC.CCC(NC(=O)C1CCCN1C(=O)[C@@H](CC(=O)NC(C)(C)C)CC1CCCCC1)C(=O)NS(=O)(=O)C1CC1.CN1Cc2cccc(F)c2C1.O=CO. The predicted octanol–water partition coefficient (Wildman–Crippen LogP) is 5.67. The highest BCUT2D eigenvalue weighted by Gasteiger charge is 2.41. The molecule has 0 radical (unpaired) electrons. The van der Waals surface area contributed by atoms with Gasteiger partial charge in [0.1, 0.15) is 17.9 Å². The first-order valence-electron chi connectivity index (χ1n) is 20.0. The third-order valence-electron chi connectivity index (χ3n) is 9.81. The molecule has 318 valence electrons. The molecular weight excluding hydrogens is 742 g/mol. The number of nitrogens with zero attached hydrogens (tertiary/aromatic N) is 2. The van der Waals surface area contributed by atoms with Gasteiger partial charge in [-0.05, 0) is 83.9 Å². The first kappa shape index (κ1) is 50.2. The van der Waals surface area contributed by atoms with Crippen molar-refractivity contribution in [2.24, 2.45) is 11.8 Å². The van der Waals surface area contributed by atoms with Crippen molar-refractivity contribution in [3.63, 3.8) is 0 Å². The van der Waals surface area contributed by atoms with Crippen LogP contribution in [0.4, 0.5) is 4.39 Å². The number of rotatable bonds is 11. The van der Waals surface area contributed by atoms with Crippen LogP contribution in [-0.4, -0.2) is 89.9 Å². The molecule has 13 nitrogen and oxygen atoms in total. The summed E-state index contributed by atoms with van der Waals surface area (Å²) in [7, 11) is -1.72. The molecule has 3 atom stereocenters. The van der Waals surface area contributed by atoms with E-state index in [0.29, 0.717) is 44.6 Å². The predicted molar refractivity (Wildman–Crippen MR) is 217 cm³/mol. The molecule has 2 unspecified atom stereocenters. The number of likely N-dealkylation sites (tertiary alicyclic amines) is 1. The Balaban J connectivity index is 0.000000718. The van der Waals surface area contributed by atoms with Gasteiger partial charge in [0.05, 0.1) is 5.25 Å². The second-order valence-electron chi connectivity index (χ2n) is 15.5. The molecule has 2 aliphatic heterocycles. The molecule has 0 aromatic heterocycles. The van der Waals surface area contributed by atoms with E-state index in [1.807, 2.05) is 47.7 Å². The fourth-order valence-corrected chi connectivity index (χ4v) is 8.51. The molecule has 2 heterocycles. The second-order valence-corrected chi connectivity index (χ2v) is 17.4. The van der Waals surface area contributed by atoms with E-state index >= 15 is 0 Å². The average molecular weight is 810 g/mol. The van der Waals surface area contributed by atoms with Crippen LogP contribution in [0.15, 0.2) is 31.4 Å². The molecule has 3 fully saturated rings. The number of carbonyl (C=O) groups excluding carboxylic acids is 4. The lowest BCUT2D eigenvalue weighted by Crippen LogP contribution is -2.54. The molecule has 2 saturated carbocycles. The first-order chi connectivity index (χ1) is 26.5. The molecule has 0 spiro atoms. The smallest absolute Gasteiger partial charge is 0.290 e. The number of hydrogen-bond acceptors (Lipinski definition) is 8. The lowest BCUT2D eigenvalue weighted by Gasteiger charge is -2.32. The monoisotopic (exact) mass is 809 g/mol. The maximum atomic E-state index is 13.8. The summed E-state index contributed by atoms with van der Waals surface area (Å²) in [4.78, 5) is 64.5. The Morgan fingerprint density at radius 2 is 1.61 bits per heavy atom. The van der Waals surface area contributed by atoms with E-state index in [1.54, 1.807) is 17.9 Å². The van der Waals surface area contributed by atoms with Crippen molar-refractivity contribution >= 4 is 40.1 Å². The molecule has 4 aliphatic rings. The summed E-state index contributed by atoms with van der Waals surface area (Å²) < 4.78 is 39.5. The standard InChI is InChI=1S/C27H46N4O6S.C9H10FN.C2H6.C2H4.CH2O2/c1-5-21(24(33)30-38(36,37)20-13-14-20)28-25(34)22-12-9-15-31(22)26(35)19(16-18-10-7-6-8-11-18)17-23(32)29-27(2,3)4;1-11-5-7-3-2-4-9(10)8(7)6-11;2*1-2;2-1-3/h18-22H,5-17H2,1-4H3,(H,28,34)(H,29,32)(H,30,33);2-4H,5-6H2,1H3;1-2H3;1-2H2;1H,(H,2,3)/t19-,21?,22?;;;;/m1..../s1. The van der Waals surface area contributed by atoms with Crippen molar-refractivity contribution in [2.75, 3.05) is 13.6 Å². The quantitative estimate of drug-likeness (QED) is 0.162. The zero-order chi connectivity index (χ0) is 42.6. The van der Waals surface area contributed by atoms with Gasteiger partial charge >= 0.3 is 0 Å². The van der Waals surface area contributed by atoms with Crippen LogP contribution in [0.3, 0.4) is 0 Å². The highest BCUT2D eigenvalue weighted by atomic mass is 32.2. The fraction of sp³-hybridized carbons (Fsp3) is 0.683. The Labute approximate surface area is 334 Å². The number of halogens is 1. The van der Waals surface area contributed by atoms with E-state index in [4.69, 9.17) is 9.90 Å². The number of benzene rings is 1. The summed E-state index contributed by atoms with van der Waals surface area (Å²) in [5.41, 5.74) is 1.59. The summed E-state index contributed by atoms with van der Waals surface area (Å²) >= 11 is 0. The molecule has 5 rings (SSSR count). The Morgan fingerprint density at radius 1 is 1.00 bits per heavy atom. The van der Waals surface area contributed by atoms with Gasteiger partial charge in [-0.15, -0.1) is 13.2 Å². The molecule has 15 heteroatoms. The summed E-state index contributed by atoms with van der Waals surface area (Å²) in [5.74, 6) is -1.77. The highest BCUT2D eigenvalue weighted by Crippen LogP contribution is 2.33. The van der Waals surface area contributed by atoms with E-state index < -0.39 is 50.6 Å². The topological polar surface area (TPSA) is 182 Å². The molecule has 4 amide bonds. The van der Waals surface area contributed by atoms with Crippen LogP contribution in [0.1, 0.15) is 130 Å². The minimum Gasteiger partial charge on any atom is -0.483 e. The average Bonchev–Trinajstić information content (AvgIpc) is 3.78. The maximum Gasteiger partial charge on any atom is 0.290 e. The number of carbonyl (C=O) groups is 5. The van der Waals surface area contributed by atoms with Crippen LogP contribution >= 0.6 is 0 Å². The third kappa shape index (κ3) is 16.7. The Kier molecular flexibility index (Phi) is 22.1. The van der Waals surface area contributed by atoms with Crippen LogP contribution in [0.2, 0.25) is 0 Å². The molecule has 0 bridgehead atoms. The largest absolute Gasteiger partial charge is 0.483 e. The maximum absolute atomic E-state index is 13.8. The minimum atomic E-state index is -3.72. The minimum absolute atomic E-state index is 0.0631. The molecule has 1 aromatic carbocycles.